The fraction of sp³-hybridized carbons (Fsp3) is 0.533. The largest absolute Gasteiger partial charge is 0.352 e. The maximum Gasteiger partial charge on any atom is 0.254 e. The van der Waals surface area contributed by atoms with Gasteiger partial charge in [-0.2, -0.15) is 0 Å². The summed E-state index contributed by atoms with van der Waals surface area (Å²) >= 11 is 0. The van der Waals surface area contributed by atoms with Crippen molar-refractivity contribution in [2.75, 3.05) is 26.2 Å². The van der Waals surface area contributed by atoms with Gasteiger partial charge in [0, 0.05) is 13.1 Å². The molecule has 0 saturated carbocycles. The summed E-state index contributed by atoms with van der Waals surface area (Å²) in [7, 11) is 0. The van der Waals surface area contributed by atoms with Crippen LogP contribution in [-0.2, 0) is 0 Å². The fourth-order valence-electron chi connectivity index (χ4n) is 2.48. The van der Waals surface area contributed by atoms with Crippen LogP contribution in [0.15, 0.2) is 24.3 Å². The molecule has 1 heterocycles. The molecule has 104 valence electrons. The predicted molar refractivity (Wildman–Crippen MR) is 73.6 cm³/mol. The number of carbonyl (C=O) groups is 1. The standard InChI is InChI=1S/C15H21FN2O/c1-12(11-18-8-4-5-9-18)10-17-15(19)13-6-2-3-7-14(13)16/h2-3,6-7,12H,4-5,8-11H2,1H3,(H,17,19). The van der Waals surface area contributed by atoms with Crippen LogP contribution < -0.4 is 5.32 Å². The lowest BCUT2D eigenvalue weighted by molar-refractivity contribution is 0.0941. The van der Waals surface area contributed by atoms with Crippen molar-refractivity contribution >= 4 is 5.91 Å². The Morgan fingerprint density at radius 1 is 1.37 bits per heavy atom. The number of nitrogens with one attached hydrogen (secondary N) is 1. The Morgan fingerprint density at radius 3 is 2.74 bits per heavy atom. The van der Waals surface area contributed by atoms with Crippen LogP contribution >= 0.6 is 0 Å². The van der Waals surface area contributed by atoms with Gasteiger partial charge in [0.1, 0.15) is 5.82 Å². The normalized spacial score (nSPS) is 17.4. The van der Waals surface area contributed by atoms with Gasteiger partial charge in [0.15, 0.2) is 0 Å². The highest BCUT2D eigenvalue weighted by Crippen LogP contribution is 2.10. The number of carbonyl (C=O) groups excluding carboxylic acids is 1. The minimum atomic E-state index is -0.466. The Hall–Kier alpha value is -1.42. The van der Waals surface area contributed by atoms with E-state index >= 15 is 0 Å². The highest BCUT2D eigenvalue weighted by molar-refractivity contribution is 5.94. The molecule has 0 radical (unpaired) electrons. The second kappa shape index (κ2) is 6.66. The Labute approximate surface area is 113 Å². The summed E-state index contributed by atoms with van der Waals surface area (Å²) in [5.74, 6) is -0.410. The van der Waals surface area contributed by atoms with Crippen LogP contribution in [0.4, 0.5) is 4.39 Å². The van der Waals surface area contributed by atoms with E-state index in [1.165, 1.54) is 25.0 Å². The molecule has 1 amide bonds. The van der Waals surface area contributed by atoms with Crippen molar-refractivity contribution in [3.8, 4) is 0 Å². The van der Waals surface area contributed by atoms with Gasteiger partial charge in [-0.15, -0.1) is 0 Å². The third-order valence-electron chi connectivity index (χ3n) is 3.50. The van der Waals surface area contributed by atoms with Gasteiger partial charge in [0.2, 0.25) is 0 Å². The summed E-state index contributed by atoms with van der Waals surface area (Å²) in [5, 5.41) is 2.81. The molecule has 1 aliphatic heterocycles. The lowest BCUT2D eigenvalue weighted by Gasteiger charge is -2.20. The SMILES string of the molecule is CC(CNC(=O)c1ccccc1F)CN1CCCC1. The number of benzene rings is 1. The van der Waals surface area contributed by atoms with Gasteiger partial charge in [-0.1, -0.05) is 19.1 Å². The van der Waals surface area contributed by atoms with E-state index in [2.05, 4.69) is 17.1 Å². The number of hydrogen-bond donors (Lipinski definition) is 1. The van der Waals surface area contributed by atoms with Crippen molar-refractivity contribution in [3.05, 3.63) is 35.6 Å². The first-order chi connectivity index (χ1) is 9.16. The Kier molecular flexibility index (Phi) is 4.91. The van der Waals surface area contributed by atoms with E-state index < -0.39 is 5.82 Å². The van der Waals surface area contributed by atoms with Gasteiger partial charge < -0.3 is 10.2 Å². The number of likely N-dealkylation sites (tertiary alicyclic amines) is 1. The van der Waals surface area contributed by atoms with Crippen LogP contribution in [0.25, 0.3) is 0 Å². The first kappa shape index (κ1) is 14.0. The minimum Gasteiger partial charge on any atom is -0.352 e. The van der Waals surface area contributed by atoms with Crippen molar-refractivity contribution < 1.29 is 9.18 Å². The molecule has 3 nitrogen and oxygen atoms in total. The van der Waals surface area contributed by atoms with Crippen molar-refractivity contribution in [1.29, 1.82) is 0 Å². The topological polar surface area (TPSA) is 32.3 Å². The molecular weight excluding hydrogens is 243 g/mol. The number of nitrogens with zero attached hydrogens (tertiary/aromatic N) is 1. The third kappa shape index (κ3) is 4.03. The molecule has 1 N–H and O–H groups in total. The predicted octanol–water partition coefficient (Wildman–Crippen LogP) is 2.29. The molecule has 0 aromatic heterocycles. The maximum atomic E-state index is 13.4. The second-order valence-corrected chi connectivity index (χ2v) is 5.30. The third-order valence-corrected chi connectivity index (χ3v) is 3.50. The lowest BCUT2D eigenvalue weighted by Crippen LogP contribution is -2.34. The molecule has 1 aromatic carbocycles. The fourth-order valence-corrected chi connectivity index (χ4v) is 2.48. The molecule has 0 spiro atoms. The van der Waals surface area contributed by atoms with Gasteiger partial charge in [-0.05, 0) is 44.0 Å². The Morgan fingerprint density at radius 2 is 2.05 bits per heavy atom. The number of halogens is 1. The zero-order valence-electron chi connectivity index (χ0n) is 11.4. The van der Waals surface area contributed by atoms with Gasteiger partial charge in [-0.25, -0.2) is 4.39 Å². The first-order valence-electron chi connectivity index (χ1n) is 6.92. The van der Waals surface area contributed by atoms with E-state index in [0.717, 1.165) is 19.6 Å². The summed E-state index contributed by atoms with van der Waals surface area (Å²) in [5.41, 5.74) is 0.121. The number of rotatable bonds is 5. The molecular formula is C15H21FN2O. The van der Waals surface area contributed by atoms with E-state index in [1.54, 1.807) is 12.1 Å². The van der Waals surface area contributed by atoms with E-state index in [-0.39, 0.29) is 11.5 Å². The van der Waals surface area contributed by atoms with Crippen LogP contribution in [0.3, 0.4) is 0 Å². The van der Waals surface area contributed by atoms with Crippen LogP contribution in [0.2, 0.25) is 0 Å². The van der Waals surface area contributed by atoms with Crippen LogP contribution in [0.5, 0.6) is 0 Å². The summed E-state index contributed by atoms with van der Waals surface area (Å²) in [6.07, 6.45) is 2.54. The smallest absolute Gasteiger partial charge is 0.254 e. The molecule has 19 heavy (non-hydrogen) atoms. The van der Waals surface area contributed by atoms with Crippen LogP contribution in [0, 0.1) is 11.7 Å². The molecule has 1 saturated heterocycles. The molecule has 1 unspecified atom stereocenters. The van der Waals surface area contributed by atoms with Gasteiger partial charge in [0.05, 0.1) is 5.56 Å². The number of hydrogen-bond acceptors (Lipinski definition) is 2. The van der Waals surface area contributed by atoms with Crippen LogP contribution in [-0.4, -0.2) is 37.0 Å². The number of amides is 1. The summed E-state index contributed by atoms with van der Waals surface area (Å²) in [6.45, 7) is 6.01. The van der Waals surface area contributed by atoms with Gasteiger partial charge >= 0.3 is 0 Å². The molecule has 4 heteroatoms. The van der Waals surface area contributed by atoms with E-state index in [9.17, 15) is 9.18 Å². The average molecular weight is 264 g/mol. The molecule has 2 rings (SSSR count). The Balaban J connectivity index is 1.78. The van der Waals surface area contributed by atoms with Gasteiger partial charge in [-0.3, -0.25) is 4.79 Å². The van der Waals surface area contributed by atoms with Crippen molar-refractivity contribution in [3.63, 3.8) is 0 Å². The van der Waals surface area contributed by atoms with Crippen molar-refractivity contribution in [2.24, 2.45) is 5.92 Å². The first-order valence-corrected chi connectivity index (χ1v) is 6.92. The van der Waals surface area contributed by atoms with E-state index in [0.29, 0.717) is 12.5 Å². The summed E-state index contributed by atoms with van der Waals surface area (Å²) < 4.78 is 13.4. The summed E-state index contributed by atoms with van der Waals surface area (Å²) in [4.78, 5) is 14.3. The maximum absolute atomic E-state index is 13.4. The van der Waals surface area contributed by atoms with Crippen molar-refractivity contribution in [2.45, 2.75) is 19.8 Å². The molecule has 1 fully saturated rings. The van der Waals surface area contributed by atoms with Crippen LogP contribution in [0.1, 0.15) is 30.1 Å². The molecule has 1 aromatic rings. The highest BCUT2D eigenvalue weighted by Gasteiger charge is 2.16. The second-order valence-electron chi connectivity index (χ2n) is 5.30. The summed E-state index contributed by atoms with van der Waals surface area (Å²) in [6, 6.07) is 6.08. The zero-order valence-corrected chi connectivity index (χ0v) is 11.4. The average Bonchev–Trinajstić information content (AvgIpc) is 2.89. The minimum absolute atomic E-state index is 0.121. The zero-order chi connectivity index (χ0) is 13.7. The molecule has 0 bridgehead atoms. The van der Waals surface area contributed by atoms with E-state index in [4.69, 9.17) is 0 Å². The molecule has 1 atom stereocenters. The molecule has 1 aliphatic rings. The lowest BCUT2D eigenvalue weighted by atomic mass is 10.1. The van der Waals surface area contributed by atoms with Crippen molar-refractivity contribution in [1.82, 2.24) is 10.2 Å². The molecule has 0 aliphatic carbocycles. The highest BCUT2D eigenvalue weighted by atomic mass is 19.1. The Bertz CT molecular complexity index is 430. The van der Waals surface area contributed by atoms with Gasteiger partial charge in [0.25, 0.3) is 5.91 Å². The quantitative estimate of drug-likeness (QED) is 0.885. The monoisotopic (exact) mass is 264 g/mol. The van der Waals surface area contributed by atoms with E-state index in [1.807, 2.05) is 0 Å².